The largest absolute Gasteiger partial charge is 0.393 e. The smallest absolute Gasteiger partial charge is 0.304 e. The fourth-order valence-electron chi connectivity index (χ4n) is 2.18. The van der Waals surface area contributed by atoms with Crippen LogP contribution in [-0.4, -0.2) is 40.0 Å². The number of anilines is 1. The van der Waals surface area contributed by atoms with Gasteiger partial charge >= 0.3 is 5.69 Å². The summed E-state index contributed by atoms with van der Waals surface area (Å²) >= 11 is 0. The molecule has 1 amide bonds. The van der Waals surface area contributed by atoms with Crippen LogP contribution >= 0.6 is 0 Å². The van der Waals surface area contributed by atoms with E-state index in [4.69, 9.17) is 5.73 Å². The van der Waals surface area contributed by atoms with Gasteiger partial charge in [-0.25, -0.2) is 0 Å². The number of carbonyl (C=O) groups is 1. The highest BCUT2D eigenvalue weighted by Crippen LogP contribution is 2.27. The number of nitrogens with two attached hydrogens (primary N) is 1. The molecule has 0 saturated carbocycles. The second-order valence-electron chi connectivity index (χ2n) is 4.52. The Morgan fingerprint density at radius 3 is 2.63 bits per heavy atom. The molecule has 102 valence electrons. The standard InChI is InChI=1S/C12H15N3O4/c13-10-3-1-2-9(11(10)15(18)19)12(17)14-6-4-8(16)5-7-14/h1-3,8,16H,4-7,13H2. The summed E-state index contributed by atoms with van der Waals surface area (Å²) in [4.78, 5) is 24.1. The molecule has 1 aromatic rings. The monoisotopic (exact) mass is 265 g/mol. The quantitative estimate of drug-likeness (QED) is 0.466. The molecule has 0 aliphatic carbocycles. The number of aliphatic hydroxyl groups is 1. The molecule has 0 spiro atoms. The van der Waals surface area contributed by atoms with E-state index < -0.39 is 16.9 Å². The zero-order valence-electron chi connectivity index (χ0n) is 10.3. The predicted octanol–water partition coefficient (Wildman–Crippen LogP) is 0.774. The minimum atomic E-state index is -0.638. The van der Waals surface area contributed by atoms with Crippen LogP contribution in [0.4, 0.5) is 11.4 Å². The summed E-state index contributed by atoms with van der Waals surface area (Å²) in [6.07, 6.45) is 0.573. The lowest BCUT2D eigenvalue weighted by molar-refractivity contribution is -0.384. The lowest BCUT2D eigenvalue weighted by atomic mass is 10.1. The first-order valence-corrected chi connectivity index (χ1v) is 6.01. The minimum absolute atomic E-state index is 0.00129. The van der Waals surface area contributed by atoms with Crippen LogP contribution < -0.4 is 5.73 Å². The van der Waals surface area contributed by atoms with E-state index in [1.54, 1.807) is 0 Å². The Morgan fingerprint density at radius 2 is 2.05 bits per heavy atom. The van der Waals surface area contributed by atoms with Gasteiger partial charge in [-0.2, -0.15) is 0 Å². The molecular weight excluding hydrogens is 250 g/mol. The number of likely N-dealkylation sites (tertiary alicyclic amines) is 1. The van der Waals surface area contributed by atoms with Crippen molar-refractivity contribution in [2.24, 2.45) is 0 Å². The third-order valence-electron chi connectivity index (χ3n) is 3.23. The number of hydrogen-bond acceptors (Lipinski definition) is 5. The molecule has 0 radical (unpaired) electrons. The van der Waals surface area contributed by atoms with Crippen molar-refractivity contribution in [2.45, 2.75) is 18.9 Å². The molecule has 1 aliphatic heterocycles. The molecule has 0 bridgehead atoms. The van der Waals surface area contributed by atoms with Crippen molar-refractivity contribution in [3.8, 4) is 0 Å². The van der Waals surface area contributed by atoms with Gasteiger partial charge in [0.1, 0.15) is 11.3 Å². The topological polar surface area (TPSA) is 110 Å². The molecule has 1 aromatic carbocycles. The lowest BCUT2D eigenvalue weighted by Crippen LogP contribution is -2.40. The fourth-order valence-corrected chi connectivity index (χ4v) is 2.18. The van der Waals surface area contributed by atoms with Crippen LogP contribution in [-0.2, 0) is 0 Å². The molecule has 0 atom stereocenters. The van der Waals surface area contributed by atoms with Crippen LogP contribution in [0.3, 0.4) is 0 Å². The second-order valence-corrected chi connectivity index (χ2v) is 4.52. The van der Waals surface area contributed by atoms with Crippen molar-refractivity contribution >= 4 is 17.3 Å². The van der Waals surface area contributed by atoms with Crippen molar-refractivity contribution < 1.29 is 14.8 Å². The van der Waals surface area contributed by atoms with Gasteiger partial charge in [0.15, 0.2) is 0 Å². The van der Waals surface area contributed by atoms with Crippen LogP contribution in [0, 0.1) is 10.1 Å². The number of rotatable bonds is 2. The number of nitrogen functional groups attached to an aromatic ring is 1. The van der Waals surface area contributed by atoms with Crippen molar-refractivity contribution in [3.63, 3.8) is 0 Å². The number of nitrogens with zero attached hydrogens (tertiary/aromatic N) is 2. The number of nitro benzene ring substituents is 1. The maximum atomic E-state index is 12.3. The van der Waals surface area contributed by atoms with Gasteiger partial charge in [0, 0.05) is 13.1 Å². The van der Waals surface area contributed by atoms with E-state index in [9.17, 15) is 20.0 Å². The Bertz CT molecular complexity index is 510. The third kappa shape index (κ3) is 2.65. The van der Waals surface area contributed by atoms with E-state index in [1.807, 2.05) is 0 Å². The van der Waals surface area contributed by atoms with Crippen molar-refractivity contribution in [3.05, 3.63) is 33.9 Å². The number of nitro groups is 1. The van der Waals surface area contributed by atoms with Crippen LogP contribution in [0.25, 0.3) is 0 Å². The SMILES string of the molecule is Nc1cccc(C(=O)N2CCC(O)CC2)c1[N+](=O)[O-]. The van der Waals surface area contributed by atoms with Gasteiger partial charge in [-0.05, 0) is 25.0 Å². The molecule has 0 unspecified atom stereocenters. The van der Waals surface area contributed by atoms with Gasteiger partial charge < -0.3 is 15.7 Å². The van der Waals surface area contributed by atoms with Crippen molar-refractivity contribution in [1.82, 2.24) is 4.90 Å². The van der Waals surface area contributed by atoms with E-state index in [0.717, 1.165) is 0 Å². The number of benzene rings is 1. The highest BCUT2D eigenvalue weighted by Gasteiger charge is 2.29. The maximum absolute atomic E-state index is 12.3. The first-order chi connectivity index (χ1) is 9.00. The lowest BCUT2D eigenvalue weighted by Gasteiger charge is -2.29. The molecule has 1 heterocycles. The maximum Gasteiger partial charge on any atom is 0.304 e. The molecule has 7 heteroatoms. The Balaban J connectivity index is 2.29. The van der Waals surface area contributed by atoms with Gasteiger partial charge in [0.25, 0.3) is 5.91 Å². The molecule has 0 aromatic heterocycles. The summed E-state index contributed by atoms with van der Waals surface area (Å²) in [5.41, 5.74) is 5.19. The van der Waals surface area contributed by atoms with E-state index >= 15 is 0 Å². The molecule has 2 rings (SSSR count). The zero-order chi connectivity index (χ0) is 14.0. The third-order valence-corrected chi connectivity index (χ3v) is 3.23. The average molecular weight is 265 g/mol. The summed E-state index contributed by atoms with van der Waals surface area (Å²) in [5, 5.41) is 20.4. The molecule has 3 N–H and O–H groups in total. The number of piperidine rings is 1. The molecule has 19 heavy (non-hydrogen) atoms. The number of carbonyl (C=O) groups excluding carboxylic acids is 1. The first kappa shape index (κ1) is 13.3. The summed E-state index contributed by atoms with van der Waals surface area (Å²) in [6, 6.07) is 4.32. The number of aliphatic hydroxyl groups excluding tert-OH is 1. The van der Waals surface area contributed by atoms with E-state index in [0.29, 0.717) is 25.9 Å². The van der Waals surface area contributed by atoms with Crippen molar-refractivity contribution in [1.29, 1.82) is 0 Å². The minimum Gasteiger partial charge on any atom is -0.393 e. The number of hydrogen-bond donors (Lipinski definition) is 2. The van der Waals surface area contributed by atoms with Gasteiger partial charge in [-0.1, -0.05) is 6.07 Å². The summed E-state index contributed by atoms with van der Waals surface area (Å²) in [5.74, 6) is -0.411. The molecule has 1 fully saturated rings. The number of para-hydroxylation sites is 1. The van der Waals surface area contributed by atoms with Crippen LogP contribution in [0.15, 0.2) is 18.2 Å². The highest BCUT2D eigenvalue weighted by atomic mass is 16.6. The van der Waals surface area contributed by atoms with E-state index in [2.05, 4.69) is 0 Å². The number of amides is 1. The second kappa shape index (κ2) is 5.23. The fraction of sp³-hybridized carbons (Fsp3) is 0.417. The Labute approximate surface area is 109 Å². The van der Waals surface area contributed by atoms with Gasteiger partial charge in [-0.15, -0.1) is 0 Å². The molecule has 7 nitrogen and oxygen atoms in total. The Kier molecular flexibility index (Phi) is 3.66. The van der Waals surface area contributed by atoms with Gasteiger partial charge in [0.05, 0.1) is 11.0 Å². The zero-order valence-corrected chi connectivity index (χ0v) is 10.3. The van der Waals surface area contributed by atoms with Crippen molar-refractivity contribution in [2.75, 3.05) is 18.8 Å². The molecular formula is C12H15N3O4. The summed E-state index contributed by atoms with van der Waals surface area (Å²) in [6.45, 7) is 0.790. The average Bonchev–Trinajstić information content (AvgIpc) is 2.38. The normalized spacial score (nSPS) is 16.4. The van der Waals surface area contributed by atoms with Crippen LogP contribution in [0.1, 0.15) is 23.2 Å². The summed E-state index contributed by atoms with van der Waals surface area (Å²) < 4.78 is 0. The Morgan fingerprint density at radius 1 is 1.42 bits per heavy atom. The Hall–Kier alpha value is -2.15. The molecule has 1 aliphatic rings. The summed E-state index contributed by atoms with van der Waals surface area (Å²) in [7, 11) is 0. The van der Waals surface area contributed by atoms with Gasteiger partial charge in [0.2, 0.25) is 0 Å². The van der Waals surface area contributed by atoms with Crippen LogP contribution in [0.5, 0.6) is 0 Å². The van der Waals surface area contributed by atoms with Gasteiger partial charge in [-0.3, -0.25) is 14.9 Å². The van der Waals surface area contributed by atoms with Crippen LogP contribution in [0.2, 0.25) is 0 Å². The predicted molar refractivity (Wildman–Crippen MR) is 68.7 cm³/mol. The highest BCUT2D eigenvalue weighted by molar-refractivity contribution is 6.00. The van der Waals surface area contributed by atoms with E-state index in [1.165, 1.54) is 23.1 Å². The first-order valence-electron chi connectivity index (χ1n) is 6.01. The van der Waals surface area contributed by atoms with E-state index in [-0.39, 0.29) is 16.9 Å². The molecule has 1 saturated heterocycles.